The second-order valence-electron chi connectivity index (χ2n) is 7.89. The van der Waals surface area contributed by atoms with Crippen LogP contribution in [-0.4, -0.2) is 55.7 Å². The third-order valence-electron chi connectivity index (χ3n) is 6.65. The molecule has 26 heavy (non-hydrogen) atoms. The lowest BCUT2D eigenvalue weighted by Crippen LogP contribution is -2.56. The van der Waals surface area contributed by atoms with Crippen LogP contribution in [0.5, 0.6) is 5.75 Å². The first-order valence-electron chi connectivity index (χ1n) is 10.2. The van der Waals surface area contributed by atoms with E-state index in [2.05, 4.69) is 34.2 Å². The van der Waals surface area contributed by atoms with Crippen molar-refractivity contribution in [3.8, 4) is 5.75 Å². The minimum atomic E-state index is -0.158. The third kappa shape index (κ3) is 2.86. The van der Waals surface area contributed by atoms with Crippen LogP contribution in [0.25, 0.3) is 0 Å². The highest BCUT2D eigenvalue weighted by Crippen LogP contribution is 2.47. The van der Waals surface area contributed by atoms with E-state index >= 15 is 0 Å². The number of carbonyl (C=O) groups is 1. The van der Waals surface area contributed by atoms with Gasteiger partial charge >= 0.3 is 0 Å². The van der Waals surface area contributed by atoms with Crippen molar-refractivity contribution < 1.29 is 9.53 Å². The number of anilines is 1. The molecule has 3 aliphatic rings. The van der Waals surface area contributed by atoms with Crippen LogP contribution in [0.2, 0.25) is 0 Å². The van der Waals surface area contributed by atoms with E-state index in [-0.39, 0.29) is 5.41 Å². The molecule has 3 heterocycles. The summed E-state index contributed by atoms with van der Waals surface area (Å²) in [7, 11) is 0. The second kappa shape index (κ2) is 7.10. The van der Waals surface area contributed by atoms with Gasteiger partial charge in [0.05, 0.1) is 17.7 Å². The molecule has 1 aromatic carbocycles. The molecule has 2 bridgehead atoms. The molecule has 0 saturated carbocycles. The summed E-state index contributed by atoms with van der Waals surface area (Å²) in [4.78, 5) is 17.9. The lowest BCUT2D eigenvalue weighted by atomic mass is 9.70. The van der Waals surface area contributed by atoms with Crippen LogP contribution in [0.15, 0.2) is 24.3 Å². The first-order chi connectivity index (χ1) is 12.7. The number of hydrogen-bond acceptors (Lipinski definition) is 4. The van der Waals surface area contributed by atoms with Gasteiger partial charge in [-0.1, -0.05) is 19.1 Å². The van der Waals surface area contributed by atoms with Gasteiger partial charge in [0.2, 0.25) is 5.91 Å². The Morgan fingerprint density at radius 3 is 2.58 bits per heavy atom. The van der Waals surface area contributed by atoms with Crippen molar-refractivity contribution in [3.63, 3.8) is 0 Å². The molecule has 0 aromatic heterocycles. The fraction of sp³-hybridized carbons (Fsp3) is 0.667. The van der Waals surface area contributed by atoms with Crippen molar-refractivity contribution in [2.75, 3.05) is 37.7 Å². The molecule has 5 heteroatoms. The lowest BCUT2D eigenvalue weighted by Gasteiger charge is -2.43. The summed E-state index contributed by atoms with van der Waals surface area (Å²) < 4.78 is 5.78. The Balaban J connectivity index is 1.43. The van der Waals surface area contributed by atoms with Gasteiger partial charge in [-0.25, -0.2) is 0 Å². The maximum atomic E-state index is 13.4. The molecular weight excluding hydrogens is 326 g/mol. The molecule has 5 nitrogen and oxygen atoms in total. The Labute approximate surface area is 156 Å². The number of benzene rings is 1. The Bertz CT molecular complexity index is 656. The SMILES string of the molecule is CCOc1ccccc1N1CCN(C(=O)[C@]2(CC)C[C@@H]3CC[C@H]2N3)CC1. The normalized spacial score (nSPS) is 30.7. The van der Waals surface area contributed by atoms with Crippen LogP contribution in [0.1, 0.15) is 39.5 Å². The summed E-state index contributed by atoms with van der Waals surface area (Å²) in [6.45, 7) is 8.23. The van der Waals surface area contributed by atoms with Crippen LogP contribution in [0.3, 0.4) is 0 Å². The van der Waals surface area contributed by atoms with Gasteiger partial charge in [-0.05, 0) is 44.7 Å². The van der Waals surface area contributed by atoms with Gasteiger partial charge in [0, 0.05) is 38.3 Å². The molecule has 0 spiro atoms. The van der Waals surface area contributed by atoms with Gasteiger partial charge in [-0.3, -0.25) is 4.79 Å². The Kier molecular flexibility index (Phi) is 4.82. The molecule has 0 radical (unpaired) electrons. The van der Waals surface area contributed by atoms with E-state index in [4.69, 9.17) is 4.74 Å². The predicted octanol–water partition coefficient (Wildman–Crippen LogP) is 2.65. The first-order valence-corrected chi connectivity index (χ1v) is 10.2. The van der Waals surface area contributed by atoms with Gasteiger partial charge < -0.3 is 19.9 Å². The summed E-state index contributed by atoms with van der Waals surface area (Å²) in [6, 6.07) is 9.17. The van der Waals surface area contributed by atoms with E-state index in [0.29, 0.717) is 24.6 Å². The minimum absolute atomic E-state index is 0.158. The largest absolute Gasteiger partial charge is 0.492 e. The van der Waals surface area contributed by atoms with E-state index in [1.165, 1.54) is 6.42 Å². The van der Waals surface area contributed by atoms with Crippen molar-refractivity contribution in [2.24, 2.45) is 5.41 Å². The number of carbonyl (C=O) groups excluding carboxylic acids is 1. The number of ether oxygens (including phenoxy) is 1. The molecular formula is C21H31N3O2. The Morgan fingerprint density at radius 1 is 1.19 bits per heavy atom. The van der Waals surface area contributed by atoms with Crippen LogP contribution in [-0.2, 0) is 4.79 Å². The van der Waals surface area contributed by atoms with Crippen LogP contribution in [0.4, 0.5) is 5.69 Å². The monoisotopic (exact) mass is 357 g/mol. The molecule has 1 aromatic rings. The molecule has 3 atom stereocenters. The molecule has 0 aliphatic carbocycles. The molecule has 1 N–H and O–H groups in total. The van der Waals surface area contributed by atoms with E-state index in [0.717, 1.165) is 56.9 Å². The summed E-state index contributed by atoms with van der Waals surface area (Å²) >= 11 is 0. The topological polar surface area (TPSA) is 44.8 Å². The summed E-state index contributed by atoms with van der Waals surface area (Å²) in [5, 5.41) is 3.67. The van der Waals surface area contributed by atoms with Gasteiger partial charge in [-0.15, -0.1) is 0 Å². The second-order valence-corrected chi connectivity index (χ2v) is 7.89. The van der Waals surface area contributed by atoms with Crippen molar-refractivity contribution in [1.29, 1.82) is 0 Å². The zero-order valence-electron chi connectivity index (χ0n) is 16.0. The van der Waals surface area contributed by atoms with E-state index in [1.54, 1.807) is 0 Å². The fourth-order valence-electron chi connectivity index (χ4n) is 5.24. The molecule has 3 saturated heterocycles. The molecule has 3 aliphatic heterocycles. The molecule has 3 fully saturated rings. The molecule has 142 valence electrons. The Morgan fingerprint density at radius 2 is 1.96 bits per heavy atom. The number of hydrogen-bond donors (Lipinski definition) is 1. The van der Waals surface area contributed by atoms with Gasteiger partial charge in [-0.2, -0.15) is 0 Å². The summed E-state index contributed by atoms with van der Waals surface area (Å²) in [5.74, 6) is 1.33. The predicted molar refractivity (Wildman–Crippen MR) is 104 cm³/mol. The maximum absolute atomic E-state index is 13.4. The number of para-hydroxylation sites is 2. The lowest BCUT2D eigenvalue weighted by molar-refractivity contribution is -0.144. The number of nitrogens with zero attached hydrogens (tertiary/aromatic N) is 2. The minimum Gasteiger partial charge on any atom is -0.492 e. The quantitative estimate of drug-likeness (QED) is 0.880. The van der Waals surface area contributed by atoms with Gasteiger partial charge in [0.25, 0.3) is 0 Å². The number of amides is 1. The number of rotatable bonds is 5. The summed E-state index contributed by atoms with van der Waals surface area (Å²) in [5.41, 5.74) is 0.988. The van der Waals surface area contributed by atoms with Crippen molar-refractivity contribution in [2.45, 2.75) is 51.6 Å². The van der Waals surface area contributed by atoms with Gasteiger partial charge in [0.15, 0.2) is 0 Å². The van der Waals surface area contributed by atoms with Crippen LogP contribution in [0, 0.1) is 5.41 Å². The molecule has 4 rings (SSSR count). The van der Waals surface area contributed by atoms with Gasteiger partial charge in [0.1, 0.15) is 5.75 Å². The van der Waals surface area contributed by atoms with Crippen LogP contribution < -0.4 is 15.0 Å². The number of nitrogens with one attached hydrogen (secondary N) is 1. The highest BCUT2D eigenvalue weighted by Gasteiger charge is 2.55. The average Bonchev–Trinajstić information content (AvgIpc) is 3.30. The maximum Gasteiger partial charge on any atom is 0.230 e. The highest BCUT2D eigenvalue weighted by atomic mass is 16.5. The van der Waals surface area contributed by atoms with E-state index < -0.39 is 0 Å². The van der Waals surface area contributed by atoms with E-state index in [1.807, 2.05) is 19.1 Å². The average molecular weight is 357 g/mol. The summed E-state index contributed by atoms with van der Waals surface area (Å²) in [6.07, 6.45) is 4.38. The van der Waals surface area contributed by atoms with Crippen molar-refractivity contribution in [3.05, 3.63) is 24.3 Å². The van der Waals surface area contributed by atoms with E-state index in [9.17, 15) is 4.79 Å². The third-order valence-corrected chi connectivity index (χ3v) is 6.65. The number of piperazine rings is 1. The van der Waals surface area contributed by atoms with Crippen molar-refractivity contribution >= 4 is 11.6 Å². The fourth-order valence-corrected chi connectivity index (χ4v) is 5.24. The zero-order valence-corrected chi connectivity index (χ0v) is 16.0. The zero-order chi connectivity index (χ0) is 18.1. The molecule has 0 unspecified atom stereocenters. The Hall–Kier alpha value is -1.75. The molecule has 1 amide bonds. The van der Waals surface area contributed by atoms with Crippen molar-refractivity contribution in [1.82, 2.24) is 10.2 Å². The number of fused-ring (bicyclic) bond motifs is 2. The first kappa shape index (κ1) is 17.7. The standard InChI is InChI=1S/C21H31N3O2/c1-3-21(15-16-9-10-19(21)22-16)20(25)24-13-11-23(12-14-24)17-7-5-6-8-18(17)26-4-2/h5-8,16,19,22H,3-4,9-15H2,1-2H3/t16-,19+,21+/m0/s1. The van der Waals surface area contributed by atoms with Crippen LogP contribution >= 0.6 is 0 Å². The highest BCUT2D eigenvalue weighted by molar-refractivity contribution is 5.84. The smallest absolute Gasteiger partial charge is 0.230 e.